The normalized spacial score (nSPS) is 13.8. The maximum atomic E-state index is 13.3. The van der Waals surface area contributed by atoms with Gasteiger partial charge in [-0.3, -0.25) is 4.79 Å². The summed E-state index contributed by atoms with van der Waals surface area (Å²) in [6.45, 7) is 2.22. The zero-order valence-corrected chi connectivity index (χ0v) is 16.1. The summed E-state index contributed by atoms with van der Waals surface area (Å²) in [4.78, 5) is 19.1. The number of carbonyl (C=O) groups excluding carboxylic acids is 1. The van der Waals surface area contributed by atoms with Gasteiger partial charge in [-0.15, -0.1) is 0 Å². The van der Waals surface area contributed by atoms with E-state index in [0.29, 0.717) is 17.1 Å². The van der Waals surface area contributed by atoms with Crippen molar-refractivity contribution in [2.24, 2.45) is 0 Å². The molecule has 1 saturated heterocycles. The third-order valence-corrected chi connectivity index (χ3v) is 4.97. The Morgan fingerprint density at radius 1 is 0.931 bits per heavy atom. The largest absolute Gasteiger partial charge is 0.372 e. The van der Waals surface area contributed by atoms with E-state index in [1.165, 1.54) is 37.1 Å². The highest BCUT2D eigenvalue weighted by Gasteiger charge is 2.11. The summed E-state index contributed by atoms with van der Waals surface area (Å²) in [7, 11) is 0. The van der Waals surface area contributed by atoms with Crippen molar-refractivity contribution < 1.29 is 9.18 Å². The first-order valence-corrected chi connectivity index (χ1v) is 9.82. The van der Waals surface area contributed by atoms with Crippen molar-refractivity contribution in [2.45, 2.75) is 19.3 Å². The first kappa shape index (κ1) is 18.9. The van der Waals surface area contributed by atoms with Gasteiger partial charge in [-0.25, -0.2) is 9.37 Å². The molecule has 29 heavy (non-hydrogen) atoms. The van der Waals surface area contributed by atoms with E-state index in [9.17, 15) is 9.18 Å². The summed E-state index contributed by atoms with van der Waals surface area (Å²) < 4.78 is 13.3. The molecule has 0 radical (unpaired) electrons. The molecule has 1 amide bonds. The van der Waals surface area contributed by atoms with Crippen molar-refractivity contribution >= 4 is 28.8 Å². The van der Waals surface area contributed by atoms with Crippen molar-refractivity contribution in [3.8, 4) is 0 Å². The Labute approximate surface area is 169 Å². The van der Waals surface area contributed by atoms with E-state index in [0.717, 1.165) is 18.8 Å². The minimum atomic E-state index is -0.395. The predicted octanol–water partition coefficient (Wildman–Crippen LogP) is 5.21. The van der Waals surface area contributed by atoms with Gasteiger partial charge in [-0.2, -0.15) is 0 Å². The zero-order chi connectivity index (χ0) is 20.1. The summed E-state index contributed by atoms with van der Waals surface area (Å²) in [6.07, 6.45) is 5.37. The monoisotopic (exact) mass is 390 g/mol. The van der Waals surface area contributed by atoms with Crippen LogP contribution in [0, 0.1) is 5.82 Å². The number of nitrogens with one attached hydrogen (secondary N) is 2. The van der Waals surface area contributed by atoms with Crippen LogP contribution in [0.3, 0.4) is 0 Å². The maximum absolute atomic E-state index is 13.3. The molecule has 2 aromatic carbocycles. The van der Waals surface area contributed by atoms with Crippen molar-refractivity contribution in [1.82, 2.24) is 4.98 Å². The predicted molar refractivity (Wildman–Crippen MR) is 114 cm³/mol. The lowest BCUT2D eigenvalue weighted by Crippen LogP contribution is -2.29. The molecule has 2 heterocycles. The number of pyridine rings is 1. The fourth-order valence-corrected chi connectivity index (χ4v) is 3.47. The molecule has 0 aliphatic carbocycles. The van der Waals surface area contributed by atoms with Gasteiger partial charge in [0.05, 0.1) is 0 Å². The standard InChI is InChI=1S/C23H23FN4O/c24-18-5-4-6-20(16-18)27-23(29)17-11-12-25-22(15-17)26-19-7-9-21(10-8-19)28-13-2-1-3-14-28/h4-12,15-16H,1-3,13-14H2,(H,25,26)(H,27,29). The van der Waals surface area contributed by atoms with Crippen molar-refractivity contribution in [3.05, 3.63) is 78.2 Å². The minimum absolute atomic E-state index is 0.318. The van der Waals surface area contributed by atoms with Crippen LogP contribution in [0.15, 0.2) is 66.9 Å². The van der Waals surface area contributed by atoms with Gasteiger partial charge in [-0.05, 0) is 73.9 Å². The van der Waals surface area contributed by atoms with E-state index in [1.54, 1.807) is 30.5 Å². The quantitative estimate of drug-likeness (QED) is 0.628. The summed E-state index contributed by atoms with van der Waals surface area (Å²) in [5.74, 6) is -0.142. The van der Waals surface area contributed by atoms with Gasteiger partial charge in [-0.1, -0.05) is 6.07 Å². The molecule has 3 aromatic rings. The lowest BCUT2D eigenvalue weighted by molar-refractivity contribution is 0.102. The van der Waals surface area contributed by atoms with Crippen molar-refractivity contribution in [3.63, 3.8) is 0 Å². The SMILES string of the molecule is O=C(Nc1cccc(F)c1)c1ccnc(Nc2ccc(N3CCCCC3)cc2)c1. The summed E-state index contributed by atoms with van der Waals surface area (Å²) in [6, 6.07) is 17.4. The van der Waals surface area contributed by atoms with Crippen molar-refractivity contribution in [2.75, 3.05) is 28.6 Å². The van der Waals surface area contributed by atoms with Gasteiger partial charge >= 0.3 is 0 Å². The Bertz CT molecular complexity index is 984. The first-order chi connectivity index (χ1) is 14.2. The van der Waals surface area contributed by atoms with E-state index >= 15 is 0 Å². The number of hydrogen-bond donors (Lipinski definition) is 2. The molecule has 1 aliphatic rings. The molecular weight excluding hydrogens is 367 g/mol. The second-order valence-electron chi connectivity index (χ2n) is 7.11. The van der Waals surface area contributed by atoms with E-state index in [4.69, 9.17) is 0 Å². The number of amides is 1. The molecule has 0 bridgehead atoms. The molecule has 148 valence electrons. The number of anilines is 4. The van der Waals surface area contributed by atoms with Crippen molar-refractivity contribution in [1.29, 1.82) is 0 Å². The zero-order valence-electron chi connectivity index (χ0n) is 16.1. The molecule has 2 N–H and O–H groups in total. The lowest BCUT2D eigenvalue weighted by atomic mass is 10.1. The average molecular weight is 390 g/mol. The molecule has 5 nitrogen and oxygen atoms in total. The molecule has 1 fully saturated rings. The summed E-state index contributed by atoms with van der Waals surface area (Å²) in [5.41, 5.74) is 2.98. The maximum Gasteiger partial charge on any atom is 0.255 e. The number of hydrogen-bond acceptors (Lipinski definition) is 4. The lowest BCUT2D eigenvalue weighted by Gasteiger charge is -2.28. The summed E-state index contributed by atoms with van der Waals surface area (Å²) >= 11 is 0. The van der Waals surface area contributed by atoms with Crippen LogP contribution in [-0.4, -0.2) is 24.0 Å². The number of piperidine rings is 1. The van der Waals surface area contributed by atoms with E-state index in [2.05, 4.69) is 32.7 Å². The highest BCUT2D eigenvalue weighted by molar-refractivity contribution is 6.04. The fraction of sp³-hybridized carbons (Fsp3) is 0.217. The topological polar surface area (TPSA) is 57.3 Å². The molecule has 6 heteroatoms. The highest BCUT2D eigenvalue weighted by Crippen LogP contribution is 2.23. The number of rotatable bonds is 5. The average Bonchev–Trinajstić information content (AvgIpc) is 2.75. The molecule has 0 unspecified atom stereocenters. The molecule has 4 rings (SSSR count). The summed E-state index contributed by atoms with van der Waals surface area (Å²) in [5, 5.41) is 5.93. The first-order valence-electron chi connectivity index (χ1n) is 9.82. The number of carbonyl (C=O) groups is 1. The van der Waals surface area contributed by atoms with Crippen LogP contribution in [0.4, 0.5) is 27.3 Å². The molecular formula is C23H23FN4O. The molecule has 1 aromatic heterocycles. The van der Waals surface area contributed by atoms with E-state index < -0.39 is 5.82 Å². The van der Waals surface area contributed by atoms with Crippen LogP contribution in [0.5, 0.6) is 0 Å². The van der Waals surface area contributed by atoms with Gasteiger partial charge < -0.3 is 15.5 Å². The molecule has 0 saturated carbocycles. The Kier molecular flexibility index (Phi) is 5.70. The second-order valence-corrected chi connectivity index (χ2v) is 7.11. The van der Waals surface area contributed by atoms with E-state index in [-0.39, 0.29) is 5.91 Å². The minimum Gasteiger partial charge on any atom is -0.372 e. The molecule has 0 spiro atoms. The number of nitrogens with zero attached hydrogens (tertiary/aromatic N) is 2. The van der Waals surface area contributed by atoms with Crippen LogP contribution in [0.25, 0.3) is 0 Å². The number of aromatic nitrogens is 1. The van der Waals surface area contributed by atoms with Crippen LogP contribution >= 0.6 is 0 Å². The van der Waals surface area contributed by atoms with Gasteiger partial charge in [0.1, 0.15) is 11.6 Å². The Morgan fingerprint density at radius 2 is 1.72 bits per heavy atom. The third kappa shape index (κ3) is 4.90. The second kappa shape index (κ2) is 8.73. The van der Waals surface area contributed by atoms with E-state index in [1.807, 2.05) is 12.1 Å². The van der Waals surface area contributed by atoms with Crippen LogP contribution in [-0.2, 0) is 0 Å². The number of benzene rings is 2. The molecule has 1 aliphatic heterocycles. The third-order valence-electron chi connectivity index (χ3n) is 4.97. The van der Waals surface area contributed by atoms with Gasteiger partial charge in [0.25, 0.3) is 5.91 Å². The Morgan fingerprint density at radius 3 is 2.48 bits per heavy atom. The van der Waals surface area contributed by atoms with Crippen LogP contribution in [0.2, 0.25) is 0 Å². The van der Waals surface area contributed by atoms with Crippen LogP contribution in [0.1, 0.15) is 29.6 Å². The van der Waals surface area contributed by atoms with Gasteiger partial charge in [0.15, 0.2) is 0 Å². The Balaban J connectivity index is 1.42. The Hall–Kier alpha value is -3.41. The number of halogens is 1. The van der Waals surface area contributed by atoms with Gasteiger partial charge in [0, 0.05) is 41.9 Å². The smallest absolute Gasteiger partial charge is 0.255 e. The van der Waals surface area contributed by atoms with Gasteiger partial charge in [0.2, 0.25) is 0 Å². The fourth-order valence-electron chi connectivity index (χ4n) is 3.47. The molecule has 0 atom stereocenters. The van der Waals surface area contributed by atoms with Crippen LogP contribution < -0.4 is 15.5 Å². The highest BCUT2D eigenvalue weighted by atomic mass is 19.1.